The average Bonchev–Trinajstić information content (AvgIpc) is 4.29. The third-order valence-corrected chi connectivity index (χ3v) is 13.8. The predicted molar refractivity (Wildman–Crippen MR) is 305 cm³/mol. The lowest BCUT2D eigenvalue weighted by molar-refractivity contribution is 0.670. The van der Waals surface area contributed by atoms with Crippen LogP contribution in [0.1, 0.15) is 9.60 Å². The molecule has 0 aliphatic heterocycles. The quantitative estimate of drug-likeness (QED) is 0.145. The summed E-state index contributed by atoms with van der Waals surface area (Å²) in [7, 11) is 0. The SMILES string of the molecule is [2H]c1cc([2H])c2c(c1[2H])c1c([2H])c([2H])c([2H])c([2H])c1n2-c1ccccc1-c1nc(-c2cccc(-c3cc(-c4ccccc4)cc4c3oc3ccc(-c5ccccc5)cc34)c2)nc(-c2c(-c3ccccc3)cccc2-c2ccccc2)n1. The van der Waals surface area contributed by atoms with E-state index in [1.165, 1.54) is 6.07 Å². The van der Waals surface area contributed by atoms with Gasteiger partial charge in [0.1, 0.15) is 11.2 Å². The molecule has 0 N–H and O–H groups in total. The van der Waals surface area contributed by atoms with E-state index in [9.17, 15) is 2.74 Å². The van der Waals surface area contributed by atoms with Crippen molar-refractivity contribution in [3.05, 3.63) is 267 Å². The molecule has 0 bridgehead atoms. The van der Waals surface area contributed by atoms with Crippen molar-refractivity contribution < 1.29 is 14.0 Å². The standard InChI is InChI=1S/C69H44N4O/c1-5-21-45(22-6-1)49-39-40-64-59(42-49)60-44-52(46-23-7-2-8-24-46)43-58(66(60)74-64)50-29-19-30-51(41-50)67-70-68(57-33-15-18-38-63(57)73-61-36-16-13-31-55(61)56-32-14-17-37-62(56)73)72-69(71-67)65-53(47-25-9-3-10-26-47)34-20-35-54(65)48-27-11-4-12-28-48/h1-44H/i13D,14D,16D,31D,32D,36D,37D. The lowest BCUT2D eigenvalue weighted by Gasteiger charge is -2.18. The smallest absolute Gasteiger partial charge is 0.166 e. The van der Waals surface area contributed by atoms with Gasteiger partial charge in [-0.15, -0.1) is 0 Å². The van der Waals surface area contributed by atoms with Crippen molar-refractivity contribution in [2.45, 2.75) is 0 Å². The Morgan fingerprint density at radius 3 is 1.59 bits per heavy atom. The second-order valence-corrected chi connectivity index (χ2v) is 18.2. The Labute approximate surface area is 437 Å². The summed E-state index contributed by atoms with van der Waals surface area (Å²) in [5.41, 5.74) is 13.6. The van der Waals surface area contributed by atoms with Gasteiger partial charge < -0.3 is 8.98 Å². The third kappa shape index (κ3) is 7.46. The zero-order valence-corrected chi connectivity index (χ0v) is 39.6. The summed E-state index contributed by atoms with van der Waals surface area (Å²) >= 11 is 0. The van der Waals surface area contributed by atoms with Crippen molar-refractivity contribution >= 4 is 43.7 Å². The number of furan rings is 1. The maximum atomic E-state index is 9.37. The molecule has 3 aromatic heterocycles. The van der Waals surface area contributed by atoms with Gasteiger partial charge in [-0.25, -0.2) is 15.0 Å². The van der Waals surface area contributed by atoms with Crippen LogP contribution >= 0.6 is 0 Å². The van der Waals surface area contributed by atoms with Crippen LogP contribution in [0.4, 0.5) is 0 Å². The summed E-state index contributed by atoms with van der Waals surface area (Å²) in [5.74, 6) is 0.952. The minimum Gasteiger partial charge on any atom is -0.455 e. The van der Waals surface area contributed by atoms with Crippen LogP contribution in [-0.4, -0.2) is 19.5 Å². The molecule has 0 aliphatic carbocycles. The van der Waals surface area contributed by atoms with E-state index in [0.717, 1.165) is 83.1 Å². The van der Waals surface area contributed by atoms with Crippen LogP contribution in [-0.2, 0) is 0 Å². The number of benzene rings is 11. The van der Waals surface area contributed by atoms with Crippen molar-refractivity contribution in [1.82, 2.24) is 19.5 Å². The van der Waals surface area contributed by atoms with Crippen LogP contribution in [0.2, 0.25) is 0 Å². The predicted octanol–water partition coefficient (Wildman–Crippen LogP) is 18.2. The van der Waals surface area contributed by atoms with Crippen LogP contribution in [0.15, 0.2) is 271 Å². The molecule has 5 heteroatoms. The maximum Gasteiger partial charge on any atom is 0.166 e. The van der Waals surface area contributed by atoms with E-state index in [1.807, 2.05) is 115 Å². The molecule has 5 nitrogen and oxygen atoms in total. The van der Waals surface area contributed by atoms with Crippen molar-refractivity contribution in [2.75, 3.05) is 0 Å². The van der Waals surface area contributed by atoms with Gasteiger partial charge in [-0.1, -0.05) is 212 Å². The number of fused-ring (bicyclic) bond motifs is 6. The zero-order chi connectivity index (χ0) is 55.0. The summed E-state index contributed by atoms with van der Waals surface area (Å²) in [5, 5.41) is 2.09. The lowest BCUT2D eigenvalue weighted by Crippen LogP contribution is -2.05. The molecule has 74 heavy (non-hydrogen) atoms. The molecule has 0 fully saturated rings. The van der Waals surface area contributed by atoms with E-state index in [4.69, 9.17) is 26.2 Å². The number of para-hydroxylation sites is 3. The summed E-state index contributed by atoms with van der Waals surface area (Å²) in [6, 6.07) is 72.1. The molecule has 0 saturated heterocycles. The molecule has 0 atom stereocenters. The van der Waals surface area contributed by atoms with E-state index in [1.54, 1.807) is 10.6 Å². The molecule has 11 aromatic carbocycles. The Hall–Kier alpha value is -9.97. The third-order valence-electron chi connectivity index (χ3n) is 13.8. The largest absolute Gasteiger partial charge is 0.455 e. The van der Waals surface area contributed by atoms with Gasteiger partial charge in [0.15, 0.2) is 17.5 Å². The summed E-state index contributed by atoms with van der Waals surface area (Å²) in [6.45, 7) is 0. The van der Waals surface area contributed by atoms with Gasteiger partial charge >= 0.3 is 0 Å². The molecule has 0 aliphatic rings. The fraction of sp³-hybridized carbons (Fsp3) is 0. The number of hydrogen-bond donors (Lipinski definition) is 0. The minimum atomic E-state index is -0.480. The highest BCUT2D eigenvalue weighted by atomic mass is 16.3. The molecule has 346 valence electrons. The summed E-state index contributed by atoms with van der Waals surface area (Å²) in [6.07, 6.45) is 0. The van der Waals surface area contributed by atoms with Crippen LogP contribution in [0.5, 0.6) is 0 Å². The molecule has 3 heterocycles. The van der Waals surface area contributed by atoms with E-state index >= 15 is 0 Å². The van der Waals surface area contributed by atoms with Crippen molar-refractivity contribution in [1.29, 1.82) is 0 Å². The highest BCUT2D eigenvalue weighted by molar-refractivity contribution is 6.13. The minimum absolute atomic E-state index is 0.0445. The van der Waals surface area contributed by atoms with Crippen LogP contribution in [0, 0.1) is 0 Å². The average molecular weight is 952 g/mol. The molecule has 14 rings (SSSR count). The first kappa shape index (κ1) is 36.0. The summed E-state index contributed by atoms with van der Waals surface area (Å²) < 4.78 is 71.8. The normalized spacial score (nSPS) is 12.8. The Balaban J connectivity index is 1.05. The number of hydrogen-bond acceptors (Lipinski definition) is 4. The zero-order valence-electron chi connectivity index (χ0n) is 46.6. The number of nitrogens with zero attached hydrogens (tertiary/aromatic N) is 4. The highest BCUT2D eigenvalue weighted by Crippen LogP contribution is 2.44. The van der Waals surface area contributed by atoms with Gasteiger partial charge in [0.25, 0.3) is 0 Å². The summed E-state index contributed by atoms with van der Waals surface area (Å²) in [4.78, 5) is 16.3. The highest BCUT2D eigenvalue weighted by Gasteiger charge is 2.24. The van der Waals surface area contributed by atoms with E-state index in [-0.39, 0.29) is 57.8 Å². The molecule has 0 unspecified atom stereocenters. The Morgan fingerprint density at radius 1 is 0.324 bits per heavy atom. The fourth-order valence-electron chi connectivity index (χ4n) is 10.3. The van der Waals surface area contributed by atoms with E-state index < -0.39 is 12.1 Å². The lowest BCUT2D eigenvalue weighted by atomic mass is 9.91. The molecule has 14 aromatic rings. The van der Waals surface area contributed by atoms with Gasteiger partial charge in [-0.05, 0) is 105 Å². The topological polar surface area (TPSA) is 56.7 Å². The Kier molecular flexibility index (Phi) is 8.77. The van der Waals surface area contributed by atoms with E-state index in [2.05, 4.69) is 97.1 Å². The monoisotopic (exact) mass is 951 g/mol. The van der Waals surface area contributed by atoms with Crippen LogP contribution < -0.4 is 0 Å². The van der Waals surface area contributed by atoms with Crippen molar-refractivity contribution in [2.24, 2.45) is 0 Å². The first-order valence-corrected chi connectivity index (χ1v) is 24.4. The van der Waals surface area contributed by atoms with Gasteiger partial charge in [0.05, 0.1) is 26.3 Å². The van der Waals surface area contributed by atoms with Crippen molar-refractivity contribution in [3.8, 4) is 95.5 Å². The van der Waals surface area contributed by atoms with Crippen LogP contribution in [0.3, 0.4) is 0 Å². The fourth-order valence-corrected chi connectivity index (χ4v) is 10.3. The molecular weight excluding hydrogens is 901 g/mol. The number of aromatic nitrogens is 4. The maximum absolute atomic E-state index is 9.37. The molecule has 0 spiro atoms. The Bertz CT molecular complexity index is 4780. The first-order valence-electron chi connectivity index (χ1n) is 27.9. The van der Waals surface area contributed by atoms with Gasteiger partial charge in [-0.2, -0.15) is 0 Å². The molecule has 0 radical (unpaired) electrons. The van der Waals surface area contributed by atoms with Gasteiger partial charge in [0, 0.05) is 43.8 Å². The second-order valence-electron chi connectivity index (χ2n) is 18.2. The van der Waals surface area contributed by atoms with E-state index in [0.29, 0.717) is 28.5 Å². The second kappa shape index (κ2) is 18.0. The molecule has 0 saturated carbocycles. The van der Waals surface area contributed by atoms with Crippen LogP contribution in [0.25, 0.3) is 139 Å². The molecule has 0 amide bonds. The Morgan fingerprint density at radius 2 is 0.865 bits per heavy atom. The molecular formula is C69H44N4O. The first-order chi connectivity index (χ1) is 39.6. The van der Waals surface area contributed by atoms with Crippen molar-refractivity contribution in [3.63, 3.8) is 0 Å². The van der Waals surface area contributed by atoms with Gasteiger partial charge in [-0.3, -0.25) is 0 Å². The van der Waals surface area contributed by atoms with Gasteiger partial charge in [0.2, 0.25) is 0 Å². The number of rotatable bonds is 9.